The SMILES string of the molecule is CCCCCCCCN(C(=O)CO)C(=O)CO. The van der Waals surface area contributed by atoms with Gasteiger partial charge in [0, 0.05) is 6.54 Å². The van der Waals surface area contributed by atoms with Crippen LogP contribution in [0.2, 0.25) is 0 Å². The Balaban J connectivity index is 3.85. The minimum absolute atomic E-state index is 0.283. The van der Waals surface area contributed by atoms with Crippen molar-refractivity contribution in [3.05, 3.63) is 0 Å². The van der Waals surface area contributed by atoms with E-state index in [2.05, 4.69) is 6.92 Å². The Labute approximate surface area is 102 Å². The largest absolute Gasteiger partial charge is 0.387 e. The Kier molecular flexibility index (Phi) is 9.66. The summed E-state index contributed by atoms with van der Waals surface area (Å²) in [6.45, 7) is 1.04. The number of rotatable bonds is 9. The fourth-order valence-corrected chi connectivity index (χ4v) is 1.61. The highest BCUT2D eigenvalue weighted by Gasteiger charge is 2.18. The molecule has 5 heteroatoms. The first-order valence-corrected chi connectivity index (χ1v) is 6.22. The number of amides is 2. The molecule has 0 aliphatic carbocycles. The number of nitrogens with zero attached hydrogens (tertiary/aromatic N) is 1. The second-order valence-corrected chi connectivity index (χ2v) is 4.02. The molecular weight excluding hydrogens is 222 g/mol. The summed E-state index contributed by atoms with van der Waals surface area (Å²) < 4.78 is 0. The van der Waals surface area contributed by atoms with Gasteiger partial charge in [-0.1, -0.05) is 39.0 Å². The van der Waals surface area contributed by atoms with Gasteiger partial charge in [0.1, 0.15) is 13.2 Å². The van der Waals surface area contributed by atoms with Crippen molar-refractivity contribution in [3.8, 4) is 0 Å². The molecule has 0 radical (unpaired) electrons. The maximum Gasteiger partial charge on any atom is 0.254 e. The van der Waals surface area contributed by atoms with Crippen LogP contribution >= 0.6 is 0 Å². The van der Waals surface area contributed by atoms with Crippen LogP contribution in [0.15, 0.2) is 0 Å². The van der Waals surface area contributed by atoms with Gasteiger partial charge in [0.05, 0.1) is 0 Å². The van der Waals surface area contributed by atoms with E-state index in [1.165, 1.54) is 19.3 Å². The molecule has 5 nitrogen and oxygen atoms in total. The number of carbonyl (C=O) groups is 2. The number of hydrogen-bond donors (Lipinski definition) is 2. The van der Waals surface area contributed by atoms with Crippen molar-refractivity contribution in [1.82, 2.24) is 4.90 Å². The van der Waals surface area contributed by atoms with Crippen molar-refractivity contribution in [2.45, 2.75) is 45.4 Å². The van der Waals surface area contributed by atoms with Gasteiger partial charge in [0.2, 0.25) is 0 Å². The summed E-state index contributed by atoms with van der Waals surface area (Å²) in [5.74, 6) is -1.28. The van der Waals surface area contributed by atoms with Gasteiger partial charge in [-0.3, -0.25) is 14.5 Å². The van der Waals surface area contributed by atoms with E-state index in [0.717, 1.165) is 24.2 Å². The molecule has 0 saturated carbocycles. The second kappa shape index (κ2) is 10.2. The molecule has 2 N–H and O–H groups in total. The zero-order chi connectivity index (χ0) is 13.1. The van der Waals surface area contributed by atoms with Crippen molar-refractivity contribution in [3.63, 3.8) is 0 Å². The van der Waals surface area contributed by atoms with Crippen LogP contribution in [0, 0.1) is 0 Å². The molecule has 0 aliphatic rings. The third-order valence-electron chi connectivity index (χ3n) is 2.61. The lowest BCUT2D eigenvalue weighted by Gasteiger charge is -2.18. The molecule has 0 aromatic carbocycles. The summed E-state index contributed by atoms with van der Waals surface area (Å²) in [6.07, 6.45) is 6.31. The molecular formula is C12H23NO4. The quantitative estimate of drug-likeness (QED) is 0.586. The monoisotopic (exact) mass is 245 g/mol. The van der Waals surface area contributed by atoms with Gasteiger partial charge in [-0.2, -0.15) is 0 Å². The van der Waals surface area contributed by atoms with Crippen molar-refractivity contribution in [1.29, 1.82) is 0 Å². The maximum atomic E-state index is 11.2. The highest BCUT2D eigenvalue weighted by atomic mass is 16.3. The molecule has 0 atom stereocenters. The molecule has 17 heavy (non-hydrogen) atoms. The molecule has 100 valence electrons. The zero-order valence-corrected chi connectivity index (χ0v) is 10.5. The van der Waals surface area contributed by atoms with E-state index < -0.39 is 25.0 Å². The number of aliphatic hydroxyl groups excluding tert-OH is 2. The predicted molar refractivity (Wildman–Crippen MR) is 64.3 cm³/mol. The molecule has 0 unspecified atom stereocenters. The van der Waals surface area contributed by atoms with Crippen LogP contribution in [0.3, 0.4) is 0 Å². The summed E-state index contributed by atoms with van der Waals surface area (Å²) in [7, 11) is 0. The number of carbonyl (C=O) groups excluding carboxylic acids is 2. The Morgan fingerprint density at radius 1 is 0.882 bits per heavy atom. The molecule has 0 bridgehead atoms. The van der Waals surface area contributed by atoms with Gasteiger partial charge < -0.3 is 10.2 Å². The Morgan fingerprint density at radius 3 is 1.82 bits per heavy atom. The van der Waals surface area contributed by atoms with Crippen LogP contribution in [0.25, 0.3) is 0 Å². The van der Waals surface area contributed by atoms with Gasteiger partial charge >= 0.3 is 0 Å². The van der Waals surface area contributed by atoms with Crippen LogP contribution in [0.1, 0.15) is 45.4 Å². The first kappa shape index (κ1) is 16.1. The van der Waals surface area contributed by atoms with E-state index in [4.69, 9.17) is 10.2 Å². The Morgan fingerprint density at radius 2 is 1.35 bits per heavy atom. The zero-order valence-electron chi connectivity index (χ0n) is 10.5. The lowest BCUT2D eigenvalue weighted by Crippen LogP contribution is -2.41. The van der Waals surface area contributed by atoms with E-state index >= 15 is 0 Å². The lowest BCUT2D eigenvalue weighted by atomic mass is 10.1. The molecule has 0 saturated heterocycles. The van der Waals surface area contributed by atoms with Crippen LogP contribution in [-0.2, 0) is 9.59 Å². The van der Waals surface area contributed by atoms with Gasteiger partial charge in [-0.05, 0) is 6.42 Å². The minimum Gasteiger partial charge on any atom is -0.387 e. The molecule has 0 aromatic rings. The van der Waals surface area contributed by atoms with Crippen molar-refractivity contribution >= 4 is 11.8 Å². The highest BCUT2D eigenvalue weighted by molar-refractivity contribution is 5.96. The Hall–Kier alpha value is -0.940. The summed E-state index contributed by atoms with van der Waals surface area (Å²) >= 11 is 0. The molecule has 2 amide bonds. The number of unbranched alkanes of at least 4 members (excludes halogenated alkanes) is 5. The van der Waals surface area contributed by atoms with Crippen LogP contribution in [0.4, 0.5) is 0 Å². The van der Waals surface area contributed by atoms with Crippen molar-refractivity contribution in [2.75, 3.05) is 19.8 Å². The van der Waals surface area contributed by atoms with E-state index in [0.29, 0.717) is 0 Å². The molecule has 0 rings (SSSR count). The lowest BCUT2D eigenvalue weighted by molar-refractivity contribution is -0.148. The molecule has 0 spiro atoms. The van der Waals surface area contributed by atoms with E-state index in [-0.39, 0.29) is 6.54 Å². The van der Waals surface area contributed by atoms with Gasteiger partial charge in [-0.25, -0.2) is 0 Å². The maximum absolute atomic E-state index is 11.2. The van der Waals surface area contributed by atoms with E-state index in [1.54, 1.807) is 0 Å². The van der Waals surface area contributed by atoms with Gasteiger partial charge in [-0.15, -0.1) is 0 Å². The van der Waals surface area contributed by atoms with Gasteiger partial charge in [0.25, 0.3) is 11.8 Å². The van der Waals surface area contributed by atoms with Gasteiger partial charge in [0.15, 0.2) is 0 Å². The molecule has 0 aliphatic heterocycles. The fraction of sp³-hybridized carbons (Fsp3) is 0.833. The molecule has 0 heterocycles. The topological polar surface area (TPSA) is 77.8 Å². The van der Waals surface area contributed by atoms with Crippen LogP contribution in [-0.4, -0.2) is 46.7 Å². The number of imide groups is 1. The average molecular weight is 245 g/mol. The van der Waals surface area contributed by atoms with E-state index in [1.807, 2.05) is 0 Å². The van der Waals surface area contributed by atoms with Crippen LogP contribution < -0.4 is 0 Å². The van der Waals surface area contributed by atoms with Crippen molar-refractivity contribution < 1.29 is 19.8 Å². The summed E-state index contributed by atoms with van der Waals surface area (Å²) in [5, 5.41) is 17.4. The first-order valence-electron chi connectivity index (χ1n) is 6.22. The molecule has 0 aromatic heterocycles. The smallest absolute Gasteiger partial charge is 0.254 e. The van der Waals surface area contributed by atoms with Crippen LogP contribution in [0.5, 0.6) is 0 Å². The standard InChI is InChI=1S/C12H23NO4/c1-2-3-4-5-6-7-8-13(11(16)9-14)12(17)10-15/h14-15H,2-10H2,1H3. The summed E-state index contributed by atoms with van der Waals surface area (Å²) in [4.78, 5) is 23.4. The predicted octanol–water partition coefficient (Wildman–Crippen LogP) is 0.687. The average Bonchev–Trinajstić information content (AvgIpc) is 2.36. The summed E-state index contributed by atoms with van der Waals surface area (Å²) in [6, 6.07) is 0. The third kappa shape index (κ3) is 7.07. The third-order valence-corrected chi connectivity index (χ3v) is 2.61. The first-order chi connectivity index (χ1) is 8.17. The minimum atomic E-state index is -0.693. The van der Waals surface area contributed by atoms with E-state index in [9.17, 15) is 9.59 Å². The highest BCUT2D eigenvalue weighted by Crippen LogP contribution is 2.06. The normalized spacial score (nSPS) is 10.3. The Bertz CT molecular complexity index is 215. The second-order valence-electron chi connectivity index (χ2n) is 4.02. The van der Waals surface area contributed by atoms with Crippen molar-refractivity contribution in [2.24, 2.45) is 0 Å². The number of aliphatic hydroxyl groups is 2. The fourth-order valence-electron chi connectivity index (χ4n) is 1.61. The summed E-state index contributed by atoms with van der Waals surface area (Å²) in [5.41, 5.74) is 0. The molecule has 0 fully saturated rings. The number of hydrogen-bond acceptors (Lipinski definition) is 4.